The minimum atomic E-state index is -2.46. The van der Waals surface area contributed by atoms with Crippen LogP contribution in [0.4, 0.5) is 0 Å². The van der Waals surface area contributed by atoms with Gasteiger partial charge in [0, 0.05) is 54.2 Å². The molecule has 0 spiro atoms. The molecule has 3 nitrogen and oxygen atoms in total. The van der Waals surface area contributed by atoms with Crippen molar-refractivity contribution in [2.45, 2.75) is 45.8 Å². The molecule has 3 heterocycles. The zero-order chi connectivity index (χ0) is 36.0. The summed E-state index contributed by atoms with van der Waals surface area (Å²) in [5.74, 6) is -0.212. The molecule has 3 aromatic heterocycles. The van der Waals surface area contributed by atoms with Gasteiger partial charge in [0.15, 0.2) is 0 Å². The van der Waals surface area contributed by atoms with Crippen LogP contribution >= 0.6 is 0 Å². The minimum Gasteiger partial charge on any atom is -0.500 e. The van der Waals surface area contributed by atoms with Crippen molar-refractivity contribution in [1.82, 2.24) is 9.97 Å². The summed E-state index contributed by atoms with van der Waals surface area (Å²) in [4.78, 5) is 8.61. The van der Waals surface area contributed by atoms with E-state index in [9.17, 15) is 0 Å². The molecule has 1 aliphatic carbocycles. The molecule has 4 aromatic carbocycles. The topological polar surface area (TPSA) is 38.9 Å². The molecule has 8 rings (SSSR count). The third-order valence-corrected chi connectivity index (χ3v) is 7.95. The van der Waals surface area contributed by atoms with Crippen molar-refractivity contribution in [3.63, 3.8) is 0 Å². The maximum atomic E-state index is 8.94. The van der Waals surface area contributed by atoms with Gasteiger partial charge in [0.25, 0.3) is 0 Å². The van der Waals surface area contributed by atoms with E-state index in [1.807, 2.05) is 60.7 Å². The van der Waals surface area contributed by atoms with E-state index in [-0.39, 0.29) is 42.7 Å². The number of benzene rings is 4. The maximum Gasteiger partial charge on any atom is 0.128 e. The fourth-order valence-electron chi connectivity index (χ4n) is 5.77. The van der Waals surface area contributed by atoms with E-state index >= 15 is 0 Å². The van der Waals surface area contributed by atoms with Gasteiger partial charge in [-0.25, -0.2) is 0 Å². The van der Waals surface area contributed by atoms with Gasteiger partial charge in [-0.2, -0.15) is 0 Å². The van der Waals surface area contributed by atoms with E-state index in [1.165, 1.54) is 12.4 Å². The second-order valence-corrected chi connectivity index (χ2v) is 10.8. The molecule has 221 valence electrons. The Hall–Kier alpha value is -4.11. The van der Waals surface area contributed by atoms with Crippen LogP contribution < -0.4 is 0 Å². The van der Waals surface area contributed by atoms with Crippen LogP contribution in [0.25, 0.3) is 55.2 Å². The molecule has 7 aromatic rings. The van der Waals surface area contributed by atoms with Crippen molar-refractivity contribution in [2.75, 3.05) is 0 Å². The van der Waals surface area contributed by atoms with Crippen LogP contribution in [0.3, 0.4) is 0 Å². The number of rotatable bonds is 4. The molecule has 0 bridgehead atoms. The Balaban J connectivity index is 0.000000230. The normalized spacial score (nSPS) is 16.7. The predicted octanol–water partition coefficient (Wildman–Crippen LogP) is 10.5. The Kier molecular flexibility index (Phi) is 6.50. The number of hydrogen-bond acceptors (Lipinski definition) is 3. The summed E-state index contributed by atoms with van der Waals surface area (Å²) in [6, 6.07) is 34.5. The fraction of sp³-hybridized carbons (Fsp3) is 0.200. The van der Waals surface area contributed by atoms with E-state index in [1.54, 1.807) is 24.3 Å². The van der Waals surface area contributed by atoms with Gasteiger partial charge in [-0.15, -0.1) is 54.1 Å². The van der Waals surface area contributed by atoms with Gasteiger partial charge in [0.1, 0.15) is 5.58 Å². The summed E-state index contributed by atoms with van der Waals surface area (Å²) >= 11 is 0. The van der Waals surface area contributed by atoms with Crippen LogP contribution in [-0.4, -0.2) is 9.97 Å². The summed E-state index contributed by atoms with van der Waals surface area (Å²) in [6.07, 6.45) is 4.37. The van der Waals surface area contributed by atoms with E-state index in [0.29, 0.717) is 16.8 Å². The summed E-state index contributed by atoms with van der Waals surface area (Å²) in [6.45, 7) is -4.55. The van der Waals surface area contributed by atoms with Gasteiger partial charge >= 0.3 is 0 Å². The average Bonchev–Trinajstić information content (AvgIpc) is 3.81. The molecule has 0 atom stereocenters. The van der Waals surface area contributed by atoms with Crippen molar-refractivity contribution < 1.29 is 35.5 Å². The SMILES string of the molecule is [2H]C([2H])([2H])c1ccc(-c2[c-]cccc2)nc1.[2H]C([2H])([2H])c1cnc(-c2[c-]ccc3c2oc2c4ccccc4ccc32)cc1C([2H])([2H])C1CCCC1.[Ir]. The Morgan fingerprint density at radius 1 is 0.795 bits per heavy atom. The number of fused-ring (bicyclic) bond motifs is 5. The van der Waals surface area contributed by atoms with Gasteiger partial charge in [0.2, 0.25) is 0 Å². The number of nitrogens with zero attached hydrogens (tertiary/aromatic N) is 2. The molecule has 4 heteroatoms. The van der Waals surface area contributed by atoms with Crippen molar-refractivity contribution in [3.8, 4) is 22.5 Å². The first-order valence-corrected chi connectivity index (χ1v) is 14.5. The van der Waals surface area contributed by atoms with Gasteiger partial charge in [-0.05, 0) is 53.9 Å². The number of pyridine rings is 2. The van der Waals surface area contributed by atoms with Crippen LogP contribution in [0.1, 0.15) is 53.3 Å². The Morgan fingerprint density at radius 2 is 1.64 bits per heavy atom. The van der Waals surface area contributed by atoms with Crippen molar-refractivity contribution in [3.05, 3.63) is 132 Å². The third kappa shape index (κ3) is 6.11. The first-order valence-electron chi connectivity index (χ1n) is 18.5. The van der Waals surface area contributed by atoms with Crippen molar-refractivity contribution in [1.29, 1.82) is 0 Å². The monoisotopic (exact) mass is 759 g/mol. The fourth-order valence-corrected chi connectivity index (χ4v) is 5.77. The first-order chi connectivity index (χ1) is 24.3. The second kappa shape index (κ2) is 13.3. The van der Waals surface area contributed by atoms with Gasteiger partial charge in [-0.3, -0.25) is 0 Å². The molecule has 1 aliphatic rings. The Bertz CT molecular complexity index is 2330. The smallest absolute Gasteiger partial charge is 0.128 e. The average molecular weight is 759 g/mol. The van der Waals surface area contributed by atoms with Crippen molar-refractivity contribution >= 4 is 32.7 Å². The molecule has 0 aliphatic heterocycles. The van der Waals surface area contributed by atoms with E-state index in [2.05, 4.69) is 28.2 Å². The molecule has 1 radical (unpaired) electrons. The van der Waals surface area contributed by atoms with E-state index in [0.717, 1.165) is 64.1 Å². The largest absolute Gasteiger partial charge is 0.500 e. The molecular formula is C40H34IrN2O-2. The van der Waals surface area contributed by atoms with Crippen molar-refractivity contribution in [2.24, 2.45) is 5.92 Å². The summed E-state index contributed by atoms with van der Waals surface area (Å²) in [5, 5.41) is 3.99. The van der Waals surface area contributed by atoms with E-state index in [4.69, 9.17) is 15.4 Å². The quantitative estimate of drug-likeness (QED) is 0.168. The number of aromatic nitrogens is 2. The van der Waals surface area contributed by atoms with Gasteiger partial charge < -0.3 is 14.4 Å². The van der Waals surface area contributed by atoms with E-state index < -0.39 is 20.1 Å². The molecule has 0 unspecified atom stereocenters. The first kappa shape index (κ1) is 21.6. The second-order valence-electron chi connectivity index (χ2n) is 10.8. The minimum absolute atomic E-state index is 0. The number of hydrogen-bond donors (Lipinski definition) is 0. The number of aryl methyl sites for hydroxylation is 2. The molecule has 44 heavy (non-hydrogen) atoms. The molecule has 1 saturated carbocycles. The van der Waals surface area contributed by atoms with Crippen LogP contribution in [0.15, 0.2) is 108 Å². The molecule has 1 fully saturated rings. The number of furan rings is 1. The molecule has 0 amide bonds. The van der Waals surface area contributed by atoms with Gasteiger partial charge in [-0.1, -0.05) is 96.8 Å². The van der Waals surface area contributed by atoms with Crippen LogP contribution in [0, 0.1) is 31.8 Å². The Labute approximate surface area is 284 Å². The predicted molar refractivity (Wildman–Crippen MR) is 177 cm³/mol. The van der Waals surface area contributed by atoms with Gasteiger partial charge in [0.05, 0.1) is 5.58 Å². The van der Waals surface area contributed by atoms with Crippen LogP contribution in [0.2, 0.25) is 0 Å². The Morgan fingerprint density at radius 3 is 2.43 bits per heavy atom. The molecule has 0 N–H and O–H groups in total. The zero-order valence-corrected chi connectivity index (χ0v) is 26.3. The zero-order valence-electron chi connectivity index (χ0n) is 31.9. The third-order valence-electron chi connectivity index (χ3n) is 7.95. The molecular weight excluding hydrogens is 717 g/mol. The van der Waals surface area contributed by atoms with Crippen LogP contribution in [-0.2, 0) is 26.5 Å². The summed E-state index contributed by atoms with van der Waals surface area (Å²) < 4.78 is 70.0. The van der Waals surface area contributed by atoms with Crippen LogP contribution in [0.5, 0.6) is 0 Å². The molecule has 0 saturated heterocycles. The summed E-state index contributed by atoms with van der Waals surface area (Å²) in [7, 11) is 0. The summed E-state index contributed by atoms with van der Waals surface area (Å²) in [5.41, 5.74) is 4.47. The maximum absolute atomic E-state index is 8.94. The standard InChI is InChI=1S/C28H24NO.C12H10N.Ir/c1-18-17-29-26(16-21(18)15-19-7-2-3-8-19)25-12-6-11-23-24-14-13-20-9-4-5-10-22(20)27(24)30-28(23)25;1-10-7-8-12(13-9-10)11-5-3-2-4-6-11;/h4-6,9-11,13-14,16-17,19H,2-3,7-8,15H2,1H3;2-5,7-9H,1H3;/q2*-1;/i1D3,15D2;1D3;.